The van der Waals surface area contributed by atoms with Crippen LogP contribution < -0.4 is 4.74 Å². The number of hydrogen-bond donors (Lipinski definition) is 0. The van der Waals surface area contributed by atoms with Gasteiger partial charge in [-0.15, -0.1) is 0 Å². The van der Waals surface area contributed by atoms with Gasteiger partial charge in [-0.25, -0.2) is 9.38 Å². The SMILES string of the molecule is C.C/C=C/C(=C1/N=C(N(C)CCC[C@H]2CCC3CCCC[C@H]3C2)C=CN1C)c1cc(OC)ccc1F. The van der Waals surface area contributed by atoms with Gasteiger partial charge in [0.25, 0.3) is 0 Å². The van der Waals surface area contributed by atoms with Crippen molar-refractivity contribution in [1.82, 2.24) is 9.80 Å². The van der Waals surface area contributed by atoms with Crippen molar-refractivity contribution in [1.29, 1.82) is 0 Å². The van der Waals surface area contributed by atoms with E-state index in [0.29, 0.717) is 11.3 Å². The second-order valence-corrected chi connectivity index (χ2v) is 10.5. The van der Waals surface area contributed by atoms with Crippen molar-refractivity contribution in [3.63, 3.8) is 0 Å². The molecular weight excluding hydrogens is 449 g/mol. The van der Waals surface area contributed by atoms with E-state index in [9.17, 15) is 4.39 Å². The van der Waals surface area contributed by atoms with E-state index in [4.69, 9.17) is 9.73 Å². The number of likely N-dealkylation sites (N-methyl/N-ethyl adjacent to an activating group) is 1. The fraction of sp³-hybridized carbons (Fsp3) is 0.581. The van der Waals surface area contributed by atoms with Crippen molar-refractivity contribution in [3.05, 3.63) is 59.8 Å². The third kappa shape index (κ3) is 6.60. The zero-order chi connectivity index (χ0) is 24.8. The number of halogens is 1. The highest BCUT2D eigenvalue weighted by molar-refractivity contribution is 5.95. The van der Waals surface area contributed by atoms with Gasteiger partial charge >= 0.3 is 0 Å². The van der Waals surface area contributed by atoms with Gasteiger partial charge in [-0.1, -0.05) is 51.7 Å². The van der Waals surface area contributed by atoms with Crippen molar-refractivity contribution in [2.75, 3.05) is 27.7 Å². The van der Waals surface area contributed by atoms with Gasteiger partial charge in [0.05, 0.1) is 7.11 Å². The molecule has 0 bridgehead atoms. The number of methoxy groups -OCH3 is 1. The first kappa shape index (κ1) is 28.0. The molecule has 1 aromatic rings. The van der Waals surface area contributed by atoms with Crippen molar-refractivity contribution in [3.8, 4) is 5.75 Å². The molecule has 0 saturated heterocycles. The molecule has 1 aliphatic heterocycles. The van der Waals surface area contributed by atoms with Gasteiger partial charge in [0.15, 0.2) is 0 Å². The number of ether oxygens (including phenoxy) is 1. The Morgan fingerprint density at radius 3 is 2.72 bits per heavy atom. The molecular formula is C31H46FN3O. The molecule has 4 rings (SSSR count). The molecule has 0 amide bonds. The molecule has 5 heteroatoms. The number of amidine groups is 1. The summed E-state index contributed by atoms with van der Waals surface area (Å²) in [6.45, 7) is 2.92. The first-order valence-corrected chi connectivity index (χ1v) is 13.4. The number of aliphatic imine (C=N–C) groups is 1. The van der Waals surface area contributed by atoms with Crippen LogP contribution in [0.5, 0.6) is 5.75 Å². The molecule has 0 N–H and O–H groups in total. The van der Waals surface area contributed by atoms with E-state index in [0.717, 1.165) is 41.5 Å². The fourth-order valence-corrected chi connectivity index (χ4v) is 6.19. The van der Waals surface area contributed by atoms with E-state index in [-0.39, 0.29) is 13.2 Å². The molecule has 36 heavy (non-hydrogen) atoms. The quantitative estimate of drug-likeness (QED) is 0.385. The average molecular weight is 496 g/mol. The Labute approximate surface area is 218 Å². The van der Waals surface area contributed by atoms with Crippen molar-refractivity contribution < 1.29 is 9.13 Å². The topological polar surface area (TPSA) is 28.1 Å². The van der Waals surface area contributed by atoms with Crippen molar-refractivity contribution >= 4 is 11.4 Å². The van der Waals surface area contributed by atoms with Crippen molar-refractivity contribution in [2.45, 2.75) is 72.1 Å². The van der Waals surface area contributed by atoms with E-state index in [1.165, 1.54) is 63.9 Å². The van der Waals surface area contributed by atoms with E-state index >= 15 is 0 Å². The standard InChI is InChI=1S/C30H42FN3O.CH4/c1-5-9-26(27-21-25(35-4)15-16-28(27)31)30-32-29(17-19-34(30)3)33(2)18-8-10-22-13-14-23-11-6-7-12-24(23)20-22;/h5,9,15-17,19,21-24H,6-8,10-14,18,20H2,1-4H3;1H4/b9-5+,30-26+;/t22-,23?,24-;/m0./s1. The molecule has 1 unspecified atom stereocenters. The Bertz CT molecular complexity index is 996. The van der Waals surface area contributed by atoms with Crippen LogP contribution in [0.3, 0.4) is 0 Å². The van der Waals surface area contributed by atoms with Crippen LogP contribution in [0, 0.1) is 23.6 Å². The molecule has 198 valence electrons. The third-order valence-corrected chi connectivity index (χ3v) is 8.18. The second kappa shape index (κ2) is 13.1. The van der Waals surface area contributed by atoms with E-state index < -0.39 is 0 Å². The van der Waals surface area contributed by atoms with Crippen LogP contribution in [-0.2, 0) is 0 Å². The summed E-state index contributed by atoms with van der Waals surface area (Å²) in [6.07, 6.45) is 20.6. The maximum absolute atomic E-state index is 14.8. The maximum Gasteiger partial charge on any atom is 0.142 e. The van der Waals surface area contributed by atoms with Crippen LogP contribution in [0.4, 0.5) is 4.39 Å². The smallest absolute Gasteiger partial charge is 0.142 e. The van der Waals surface area contributed by atoms with Gasteiger partial charge in [-0.05, 0) is 74.6 Å². The Hall–Kier alpha value is -2.56. The Balaban J connectivity index is 0.00000361. The molecule has 0 aromatic heterocycles. The minimum Gasteiger partial charge on any atom is -0.497 e. The normalized spacial score (nSPS) is 25.2. The summed E-state index contributed by atoms with van der Waals surface area (Å²) >= 11 is 0. The number of allylic oxidation sites excluding steroid dienone is 3. The molecule has 2 aliphatic carbocycles. The summed E-state index contributed by atoms with van der Waals surface area (Å²) in [5.74, 6) is 4.90. The highest BCUT2D eigenvalue weighted by Crippen LogP contribution is 2.43. The number of nitrogens with zero attached hydrogens (tertiary/aromatic N) is 3. The minimum atomic E-state index is -0.285. The lowest BCUT2D eigenvalue weighted by molar-refractivity contribution is 0.124. The van der Waals surface area contributed by atoms with E-state index in [1.54, 1.807) is 19.2 Å². The number of hydrogen-bond acceptors (Lipinski definition) is 4. The summed E-state index contributed by atoms with van der Waals surface area (Å²) in [7, 11) is 5.67. The van der Waals surface area contributed by atoms with Crippen LogP contribution in [-0.4, -0.2) is 43.4 Å². The van der Waals surface area contributed by atoms with Gasteiger partial charge in [0.2, 0.25) is 0 Å². The molecule has 2 saturated carbocycles. The maximum atomic E-state index is 14.8. The molecule has 3 atom stereocenters. The summed E-state index contributed by atoms with van der Waals surface area (Å²) in [5, 5.41) is 0. The molecule has 0 spiro atoms. The minimum absolute atomic E-state index is 0. The molecule has 2 fully saturated rings. The van der Waals surface area contributed by atoms with Crippen molar-refractivity contribution in [2.24, 2.45) is 22.7 Å². The predicted octanol–water partition coefficient (Wildman–Crippen LogP) is 7.89. The molecule has 3 aliphatic rings. The summed E-state index contributed by atoms with van der Waals surface area (Å²) < 4.78 is 20.2. The zero-order valence-corrected chi connectivity index (χ0v) is 22.0. The average Bonchev–Trinajstić information content (AvgIpc) is 2.88. The van der Waals surface area contributed by atoms with Gasteiger partial charge in [-0.2, -0.15) is 0 Å². The largest absolute Gasteiger partial charge is 0.497 e. The third-order valence-electron chi connectivity index (χ3n) is 8.18. The molecule has 1 aromatic carbocycles. The van der Waals surface area contributed by atoms with Crippen LogP contribution in [0.25, 0.3) is 5.57 Å². The van der Waals surface area contributed by atoms with E-state index in [1.807, 2.05) is 43.3 Å². The van der Waals surface area contributed by atoms with Gasteiger partial charge < -0.3 is 14.5 Å². The number of fused-ring (bicyclic) bond motifs is 1. The fourth-order valence-electron chi connectivity index (χ4n) is 6.19. The van der Waals surface area contributed by atoms with Gasteiger partial charge in [0.1, 0.15) is 23.2 Å². The Morgan fingerprint density at radius 1 is 1.19 bits per heavy atom. The molecule has 1 heterocycles. The lowest BCUT2D eigenvalue weighted by Gasteiger charge is -2.39. The van der Waals surface area contributed by atoms with Crippen LogP contribution in [0.15, 0.2) is 53.4 Å². The predicted molar refractivity (Wildman–Crippen MR) is 150 cm³/mol. The monoisotopic (exact) mass is 495 g/mol. The van der Waals surface area contributed by atoms with Crippen LogP contribution in [0.1, 0.15) is 77.7 Å². The Morgan fingerprint density at radius 2 is 1.97 bits per heavy atom. The van der Waals surface area contributed by atoms with Crippen LogP contribution in [0.2, 0.25) is 0 Å². The summed E-state index contributed by atoms with van der Waals surface area (Å²) in [5.41, 5.74) is 1.23. The number of benzene rings is 1. The first-order valence-electron chi connectivity index (χ1n) is 13.4. The summed E-state index contributed by atoms with van der Waals surface area (Å²) in [4.78, 5) is 9.17. The van der Waals surface area contributed by atoms with Crippen LogP contribution >= 0.6 is 0 Å². The van der Waals surface area contributed by atoms with E-state index in [2.05, 4.69) is 11.9 Å². The second-order valence-electron chi connectivity index (χ2n) is 10.5. The zero-order valence-electron chi connectivity index (χ0n) is 22.0. The Kier molecular flexibility index (Phi) is 10.2. The molecule has 4 nitrogen and oxygen atoms in total. The highest BCUT2D eigenvalue weighted by atomic mass is 19.1. The summed E-state index contributed by atoms with van der Waals surface area (Å²) in [6, 6.07) is 4.84. The highest BCUT2D eigenvalue weighted by Gasteiger charge is 2.31. The van der Waals surface area contributed by atoms with Gasteiger partial charge in [0, 0.05) is 38.0 Å². The first-order chi connectivity index (χ1) is 17.0. The lowest BCUT2D eigenvalue weighted by Crippen LogP contribution is -2.31. The molecule has 0 radical (unpaired) electrons. The number of rotatable bonds is 7. The van der Waals surface area contributed by atoms with Gasteiger partial charge in [-0.3, -0.25) is 0 Å². The lowest BCUT2D eigenvalue weighted by atomic mass is 9.67.